The predicted molar refractivity (Wildman–Crippen MR) is 120 cm³/mol. The summed E-state index contributed by atoms with van der Waals surface area (Å²) in [4.78, 5) is 12.3. The smallest absolute Gasteiger partial charge is 0.339 e. The Bertz CT molecular complexity index is 951. The van der Waals surface area contributed by atoms with E-state index in [9.17, 15) is 9.90 Å². The van der Waals surface area contributed by atoms with Crippen LogP contribution < -0.4 is 4.74 Å². The highest BCUT2D eigenvalue weighted by atomic mass is 16.5. The molecule has 1 N–H and O–H groups in total. The number of aliphatic carboxylic acids is 1. The van der Waals surface area contributed by atoms with Crippen molar-refractivity contribution >= 4 is 5.97 Å². The van der Waals surface area contributed by atoms with E-state index in [1.807, 2.05) is 40.0 Å². The van der Waals surface area contributed by atoms with Gasteiger partial charge in [0.1, 0.15) is 5.75 Å². The Labute approximate surface area is 184 Å². The van der Waals surface area contributed by atoms with Crippen LogP contribution in [-0.4, -0.2) is 33.1 Å². The molecule has 1 unspecified atom stereocenters. The maximum Gasteiger partial charge on any atom is 0.339 e. The molecule has 1 aliphatic heterocycles. The topological polar surface area (TPSA) is 73.6 Å². The molecule has 2 heterocycles. The average molecular weight is 427 g/mol. The van der Waals surface area contributed by atoms with Crippen molar-refractivity contribution in [3.63, 3.8) is 0 Å². The number of hydrogen-bond donors (Lipinski definition) is 1. The van der Waals surface area contributed by atoms with E-state index in [2.05, 4.69) is 6.07 Å². The first-order valence-corrected chi connectivity index (χ1v) is 11.5. The van der Waals surface area contributed by atoms with Crippen LogP contribution in [0.3, 0.4) is 0 Å². The summed E-state index contributed by atoms with van der Waals surface area (Å²) in [5.41, 5.74) is 4.16. The van der Waals surface area contributed by atoms with Crippen LogP contribution in [0, 0.1) is 0 Å². The van der Waals surface area contributed by atoms with Gasteiger partial charge in [-0.15, -0.1) is 0 Å². The van der Waals surface area contributed by atoms with Crippen molar-refractivity contribution in [2.45, 2.75) is 83.3 Å². The number of aromatic nitrogens is 2. The van der Waals surface area contributed by atoms with Crippen molar-refractivity contribution < 1.29 is 19.4 Å². The molecular formula is C25H34N2O4. The molecule has 2 aromatic rings. The van der Waals surface area contributed by atoms with Gasteiger partial charge < -0.3 is 14.6 Å². The summed E-state index contributed by atoms with van der Waals surface area (Å²) in [6.45, 7) is 6.41. The third kappa shape index (κ3) is 4.64. The van der Waals surface area contributed by atoms with Gasteiger partial charge in [0.25, 0.3) is 0 Å². The molecule has 1 saturated carbocycles. The van der Waals surface area contributed by atoms with E-state index in [1.165, 1.54) is 24.8 Å². The molecule has 168 valence electrons. The van der Waals surface area contributed by atoms with E-state index >= 15 is 0 Å². The van der Waals surface area contributed by atoms with E-state index in [0.29, 0.717) is 11.6 Å². The number of aryl methyl sites for hydroxylation is 2. The summed E-state index contributed by atoms with van der Waals surface area (Å²) in [5.74, 6) is 0.288. The van der Waals surface area contributed by atoms with Crippen molar-refractivity contribution in [1.82, 2.24) is 9.78 Å². The number of rotatable bonds is 5. The van der Waals surface area contributed by atoms with Gasteiger partial charge in [-0.25, -0.2) is 4.79 Å². The monoisotopic (exact) mass is 426 g/mol. The minimum Gasteiger partial charge on any atom is -0.493 e. The maximum atomic E-state index is 12.3. The van der Waals surface area contributed by atoms with Crippen LogP contribution in [0.15, 0.2) is 18.2 Å². The van der Waals surface area contributed by atoms with Gasteiger partial charge >= 0.3 is 5.97 Å². The highest BCUT2D eigenvalue weighted by molar-refractivity contribution is 5.80. The molecule has 0 bridgehead atoms. The van der Waals surface area contributed by atoms with E-state index in [1.54, 1.807) is 4.68 Å². The number of benzene rings is 1. The Morgan fingerprint density at radius 1 is 1.23 bits per heavy atom. The minimum absolute atomic E-state index is 0.347. The van der Waals surface area contributed by atoms with Crippen molar-refractivity contribution in [1.29, 1.82) is 0 Å². The molecule has 6 nitrogen and oxygen atoms in total. The number of hydrogen-bond acceptors (Lipinski definition) is 4. The van der Waals surface area contributed by atoms with Crippen molar-refractivity contribution in [3.8, 4) is 16.9 Å². The van der Waals surface area contributed by atoms with E-state index in [4.69, 9.17) is 14.6 Å². The zero-order chi connectivity index (χ0) is 22.2. The number of fused-ring (bicyclic) bond motifs is 1. The second-order valence-electron chi connectivity index (χ2n) is 9.83. The molecule has 2 aliphatic rings. The summed E-state index contributed by atoms with van der Waals surface area (Å²) in [7, 11) is 1.84. The van der Waals surface area contributed by atoms with Crippen LogP contribution in [0.2, 0.25) is 0 Å². The van der Waals surface area contributed by atoms with Crippen LogP contribution in [0.25, 0.3) is 11.1 Å². The average Bonchev–Trinajstić information content (AvgIpc) is 3.08. The Morgan fingerprint density at radius 2 is 1.97 bits per heavy atom. The first-order valence-electron chi connectivity index (χ1n) is 11.5. The zero-order valence-electron chi connectivity index (χ0n) is 19.1. The Morgan fingerprint density at radius 3 is 2.65 bits per heavy atom. The minimum atomic E-state index is -1.09. The number of carboxylic acids is 1. The third-order valence-electron chi connectivity index (χ3n) is 6.25. The van der Waals surface area contributed by atoms with Gasteiger partial charge in [0, 0.05) is 18.5 Å². The molecular weight excluding hydrogens is 392 g/mol. The van der Waals surface area contributed by atoms with Gasteiger partial charge in [-0.1, -0.05) is 25.3 Å². The van der Waals surface area contributed by atoms with Crippen LogP contribution >= 0.6 is 0 Å². The van der Waals surface area contributed by atoms with Gasteiger partial charge in [0.05, 0.1) is 23.6 Å². The van der Waals surface area contributed by atoms with E-state index in [-0.39, 0.29) is 0 Å². The number of carbonyl (C=O) groups is 1. The summed E-state index contributed by atoms with van der Waals surface area (Å²) in [6.07, 6.45) is 6.70. The second-order valence-corrected chi connectivity index (χ2v) is 9.83. The zero-order valence-corrected chi connectivity index (χ0v) is 19.1. The SMILES string of the molecule is Cn1nc(C2CCCCC2)c(-c2ccc3c(c2)CCCO3)c1C(OC(C)(C)C)C(=O)O. The molecule has 1 aliphatic carbocycles. The quantitative estimate of drug-likeness (QED) is 0.693. The fourth-order valence-corrected chi connectivity index (χ4v) is 4.91. The summed E-state index contributed by atoms with van der Waals surface area (Å²) >= 11 is 0. The largest absolute Gasteiger partial charge is 0.493 e. The molecule has 0 radical (unpaired) electrons. The lowest BCUT2D eigenvalue weighted by Crippen LogP contribution is -2.29. The van der Waals surface area contributed by atoms with E-state index < -0.39 is 17.7 Å². The Balaban J connectivity index is 1.88. The normalized spacial score (nSPS) is 18.3. The van der Waals surface area contributed by atoms with E-state index in [0.717, 1.165) is 54.9 Å². The van der Waals surface area contributed by atoms with Gasteiger partial charge in [-0.2, -0.15) is 5.10 Å². The lowest BCUT2D eigenvalue weighted by Gasteiger charge is -2.26. The summed E-state index contributed by atoms with van der Waals surface area (Å²) in [6, 6.07) is 6.23. The van der Waals surface area contributed by atoms with Gasteiger partial charge in [0.2, 0.25) is 0 Å². The molecule has 1 fully saturated rings. The van der Waals surface area contributed by atoms with Gasteiger partial charge in [0.15, 0.2) is 6.10 Å². The lowest BCUT2D eigenvalue weighted by molar-refractivity contribution is -0.161. The standard InChI is InChI=1S/C25H34N2O4/c1-25(2,3)31-23(24(28)29)22-20(18-12-13-19-17(15-18)11-8-14-30-19)21(26-27(22)4)16-9-6-5-7-10-16/h12-13,15-16,23H,5-11,14H2,1-4H3,(H,28,29). The molecule has 6 heteroatoms. The molecule has 1 aromatic carbocycles. The lowest BCUT2D eigenvalue weighted by atomic mass is 9.83. The summed E-state index contributed by atoms with van der Waals surface area (Å²) < 4.78 is 13.6. The second kappa shape index (κ2) is 8.65. The first-order chi connectivity index (χ1) is 14.7. The molecule has 0 spiro atoms. The van der Waals surface area contributed by atoms with Crippen LogP contribution in [0.4, 0.5) is 0 Å². The molecule has 4 rings (SSSR count). The fraction of sp³-hybridized carbons (Fsp3) is 0.600. The molecule has 0 amide bonds. The third-order valence-corrected chi connectivity index (χ3v) is 6.25. The Hall–Kier alpha value is -2.34. The number of carboxylic acid groups (broad SMARTS) is 1. The van der Waals surface area contributed by atoms with Crippen molar-refractivity contribution in [3.05, 3.63) is 35.2 Å². The molecule has 0 saturated heterocycles. The van der Waals surface area contributed by atoms with Crippen LogP contribution in [0.1, 0.15) is 88.3 Å². The molecule has 31 heavy (non-hydrogen) atoms. The number of nitrogens with zero attached hydrogens (tertiary/aromatic N) is 2. The van der Waals surface area contributed by atoms with Crippen LogP contribution in [0.5, 0.6) is 5.75 Å². The van der Waals surface area contributed by atoms with Gasteiger partial charge in [-0.3, -0.25) is 4.68 Å². The van der Waals surface area contributed by atoms with Crippen molar-refractivity contribution in [2.75, 3.05) is 6.61 Å². The highest BCUT2D eigenvalue weighted by Crippen LogP contribution is 2.43. The van der Waals surface area contributed by atoms with Crippen LogP contribution in [-0.2, 0) is 23.0 Å². The predicted octanol–water partition coefficient (Wildman–Crippen LogP) is 5.40. The Kier molecular flexibility index (Phi) is 6.11. The molecule has 1 aromatic heterocycles. The van der Waals surface area contributed by atoms with Crippen molar-refractivity contribution in [2.24, 2.45) is 7.05 Å². The summed E-state index contributed by atoms with van der Waals surface area (Å²) in [5, 5.41) is 15.0. The fourth-order valence-electron chi connectivity index (χ4n) is 4.91. The highest BCUT2D eigenvalue weighted by Gasteiger charge is 2.36. The van der Waals surface area contributed by atoms with Gasteiger partial charge in [-0.05, 0) is 69.7 Å². The molecule has 1 atom stereocenters. The maximum absolute atomic E-state index is 12.3. The first kappa shape index (κ1) is 21.9. The number of ether oxygens (including phenoxy) is 2.